The van der Waals surface area contributed by atoms with Crippen molar-refractivity contribution in [1.29, 1.82) is 0 Å². The van der Waals surface area contributed by atoms with E-state index in [1.807, 2.05) is 0 Å². The Bertz CT molecular complexity index is 616. The summed E-state index contributed by atoms with van der Waals surface area (Å²) in [6.07, 6.45) is 3.07. The van der Waals surface area contributed by atoms with Crippen LogP contribution in [0.3, 0.4) is 0 Å². The highest BCUT2D eigenvalue weighted by molar-refractivity contribution is 5.88. The molecule has 1 aromatic rings. The zero-order valence-corrected chi connectivity index (χ0v) is 14.5. The third kappa shape index (κ3) is 4.37. The molecule has 6 heteroatoms. The summed E-state index contributed by atoms with van der Waals surface area (Å²) < 4.78 is 18.9. The summed E-state index contributed by atoms with van der Waals surface area (Å²) in [5.74, 6) is -0.180. The largest absolute Gasteiger partial charge is 0.378 e. The van der Waals surface area contributed by atoms with E-state index in [9.17, 15) is 14.0 Å². The van der Waals surface area contributed by atoms with Crippen molar-refractivity contribution in [2.45, 2.75) is 38.1 Å². The first kappa shape index (κ1) is 17.9. The molecule has 1 atom stereocenters. The number of rotatable bonds is 5. The van der Waals surface area contributed by atoms with Crippen LogP contribution in [0.4, 0.5) is 4.39 Å². The number of hydrogen-bond acceptors (Lipinski definition) is 3. The molecule has 2 aliphatic heterocycles. The van der Waals surface area contributed by atoms with Gasteiger partial charge in [0.2, 0.25) is 11.8 Å². The van der Waals surface area contributed by atoms with Gasteiger partial charge in [-0.1, -0.05) is 18.2 Å². The number of hydrogen-bond donors (Lipinski definition) is 0. The van der Waals surface area contributed by atoms with Crippen LogP contribution in [0.15, 0.2) is 24.3 Å². The molecule has 5 nitrogen and oxygen atoms in total. The predicted molar refractivity (Wildman–Crippen MR) is 91.5 cm³/mol. The molecular weight excluding hydrogens is 323 g/mol. The fraction of sp³-hybridized carbons (Fsp3) is 0.579. The first-order valence-corrected chi connectivity index (χ1v) is 9.06. The van der Waals surface area contributed by atoms with Crippen LogP contribution in [0.25, 0.3) is 0 Å². The van der Waals surface area contributed by atoms with Crippen LogP contribution in [0.2, 0.25) is 0 Å². The third-order valence-corrected chi connectivity index (χ3v) is 4.98. The van der Waals surface area contributed by atoms with Crippen LogP contribution in [0.5, 0.6) is 0 Å². The van der Waals surface area contributed by atoms with E-state index in [0.29, 0.717) is 57.7 Å². The molecule has 0 saturated carbocycles. The molecule has 1 unspecified atom stereocenters. The smallest absolute Gasteiger partial charge is 0.245 e. The number of nitrogens with zero attached hydrogens (tertiary/aromatic N) is 2. The van der Waals surface area contributed by atoms with E-state index in [1.54, 1.807) is 28.0 Å². The summed E-state index contributed by atoms with van der Waals surface area (Å²) in [6, 6.07) is 6.32. The van der Waals surface area contributed by atoms with E-state index in [4.69, 9.17) is 4.74 Å². The molecule has 2 fully saturated rings. The van der Waals surface area contributed by atoms with E-state index in [2.05, 4.69) is 0 Å². The Kier molecular flexibility index (Phi) is 6.02. The van der Waals surface area contributed by atoms with Gasteiger partial charge in [-0.05, 0) is 37.3 Å². The van der Waals surface area contributed by atoms with Crippen molar-refractivity contribution < 1.29 is 18.7 Å². The zero-order valence-electron chi connectivity index (χ0n) is 14.5. The van der Waals surface area contributed by atoms with Gasteiger partial charge in [0.15, 0.2) is 0 Å². The van der Waals surface area contributed by atoms with Crippen molar-refractivity contribution >= 4 is 11.8 Å². The maximum Gasteiger partial charge on any atom is 0.245 e. The monoisotopic (exact) mass is 348 g/mol. The topological polar surface area (TPSA) is 49.9 Å². The predicted octanol–water partition coefficient (Wildman–Crippen LogP) is 2.00. The highest BCUT2D eigenvalue weighted by Crippen LogP contribution is 2.22. The number of ether oxygens (including phenoxy) is 1. The van der Waals surface area contributed by atoms with Gasteiger partial charge >= 0.3 is 0 Å². The second-order valence-corrected chi connectivity index (χ2v) is 6.63. The quantitative estimate of drug-likeness (QED) is 0.818. The second-order valence-electron chi connectivity index (χ2n) is 6.63. The third-order valence-electron chi connectivity index (χ3n) is 4.98. The Morgan fingerprint density at radius 1 is 1.16 bits per heavy atom. The van der Waals surface area contributed by atoms with Gasteiger partial charge in [0.1, 0.15) is 11.9 Å². The summed E-state index contributed by atoms with van der Waals surface area (Å²) in [5, 5.41) is 0. The molecule has 0 bridgehead atoms. The Hall–Kier alpha value is -1.95. The van der Waals surface area contributed by atoms with Crippen molar-refractivity contribution in [3.63, 3.8) is 0 Å². The molecule has 0 radical (unpaired) electrons. The van der Waals surface area contributed by atoms with Crippen molar-refractivity contribution in [2.24, 2.45) is 0 Å². The molecule has 136 valence electrons. The molecule has 3 rings (SSSR count). The van der Waals surface area contributed by atoms with Crippen molar-refractivity contribution in [2.75, 3.05) is 32.8 Å². The molecule has 0 N–H and O–H groups in total. The number of benzene rings is 1. The maximum atomic E-state index is 13.6. The fourth-order valence-corrected chi connectivity index (χ4v) is 3.59. The van der Waals surface area contributed by atoms with Gasteiger partial charge in [0, 0.05) is 26.1 Å². The van der Waals surface area contributed by atoms with E-state index >= 15 is 0 Å². The van der Waals surface area contributed by atoms with Gasteiger partial charge in [-0.2, -0.15) is 0 Å². The van der Waals surface area contributed by atoms with Gasteiger partial charge in [0.05, 0.1) is 13.2 Å². The molecule has 2 heterocycles. The lowest BCUT2D eigenvalue weighted by atomic mass is 10.1. The maximum absolute atomic E-state index is 13.6. The van der Waals surface area contributed by atoms with Gasteiger partial charge in [0.25, 0.3) is 0 Å². The number of morpholine rings is 1. The van der Waals surface area contributed by atoms with E-state index < -0.39 is 0 Å². The van der Waals surface area contributed by atoms with Crippen LogP contribution in [0, 0.1) is 5.82 Å². The first-order valence-electron chi connectivity index (χ1n) is 9.06. The van der Waals surface area contributed by atoms with Crippen molar-refractivity contribution in [3.8, 4) is 0 Å². The zero-order chi connectivity index (χ0) is 17.6. The minimum absolute atomic E-state index is 0.000415. The number of likely N-dealkylation sites (tertiary alicyclic amines) is 1. The van der Waals surface area contributed by atoms with E-state index in [-0.39, 0.29) is 23.7 Å². The van der Waals surface area contributed by atoms with Gasteiger partial charge in [-0.15, -0.1) is 0 Å². The number of amides is 2. The average molecular weight is 348 g/mol. The normalized spacial score (nSPS) is 20.8. The Balaban J connectivity index is 1.52. The van der Waals surface area contributed by atoms with Gasteiger partial charge < -0.3 is 14.5 Å². The van der Waals surface area contributed by atoms with E-state index in [0.717, 1.165) is 12.8 Å². The first-order chi connectivity index (χ1) is 12.2. The summed E-state index contributed by atoms with van der Waals surface area (Å²) in [5.41, 5.74) is 0.637. The molecule has 0 aromatic heterocycles. The summed E-state index contributed by atoms with van der Waals surface area (Å²) >= 11 is 0. The highest BCUT2D eigenvalue weighted by Gasteiger charge is 2.36. The molecule has 0 spiro atoms. The number of carbonyl (C=O) groups is 2. The molecule has 2 saturated heterocycles. The number of carbonyl (C=O) groups excluding carboxylic acids is 2. The fourth-order valence-electron chi connectivity index (χ4n) is 3.59. The standard InChI is InChI=1S/C19H25FN2O3/c20-16-7-2-1-5-15(16)6-3-9-18(23)22-10-4-8-17(22)19(24)21-11-13-25-14-12-21/h1-2,5,7,17H,3-4,6,8-14H2. The lowest BCUT2D eigenvalue weighted by Gasteiger charge is -2.32. The summed E-state index contributed by atoms with van der Waals surface area (Å²) in [6.45, 7) is 2.97. The van der Waals surface area contributed by atoms with Crippen molar-refractivity contribution in [3.05, 3.63) is 35.6 Å². The second kappa shape index (κ2) is 8.43. The Labute approximate surface area is 147 Å². The Morgan fingerprint density at radius 2 is 1.92 bits per heavy atom. The van der Waals surface area contributed by atoms with Gasteiger partial charge in [-0.25, -0.2) is 4.39 Å². The summed E-state index contributed by atoms with van der Waals surface area (Å²) in [4.78, 5) is 28.8. The van der Waals surface area contributed by atoms with Crippen LogP contribution >= 0.6 is 0 Å². The van der Waals surface area contributed by atoms with Crippen LogP contribution < -0.4 is 0 Å². The molecule has 2 amide bonds. The lowest BCUT2D eigenvalue weighted by molar-refractivity contribution is -0.146. The van der Waals surface area contributed by atoms with Crippen LogP contribution in [0.1, 0.15) is 31.2 Å². The average Bonchev–Trinajstić information content (AvgIpc) is 3.13. The minimum atomic E-state index is -0.334. The van der Waals surface area contributed by atoms with E-state index in [1.165, 1.54) is 6.07 Å². The van der Waals surface area contributed by atoms with Gasteiger partial charge in [-0.3, -0.25) is 9.59 Å². The molecule has 2 aliphatic rings. The van der Waals surface area contributed by atoms with Crippen LogP contribution in [-0.2, 0) is 20.7 Å². The highest BCUT2D eigenvalue weighted by atomic mass is 19.1. The molecule has 1 aromatic carbocycles. The lowest BCUT2D eigenvalue weighted by Crippen LogP contribution is -2.51. The Morgan fingerprint density at radius 3 is 2.68 bits per heavy atom. The molecule has 0 aliphatic carbocycles. The number of halogens is 1. The summed E-state index contributed by atoms with van der Waals surface area (Å²) in [7, 11) is 0. The number of aryl methyl sites for hydroxylation is 1. The minimum Gasteiger partial charge on any atom is -0.378 e. The molecular formula is C19H25FN2O3. The van der Waals surface area contributed by atoms with Crippen molar-refractivity contribution in [1.82, 2.24) is 9.80 Å². The SMILES string of the molecule is O=C(C1CCCN1C(=O)CCCc1ccccc1F)N1CCOCC1. The van der Waals surface area contributed by atoms with Crippen LogP contribution in [-0.4, -0.2) is 60.5 Å². The molecule has 25 heavy (non-hydrogen) atoms.